The maximum Gasteiger partial charge on any atom is 0.404 e. The van der Waals surface area contributed by atoms with Gasteiger partial charge in [-0.25, -0.2) is 0 Å². The Morgan fingerprint density at radius 1 is 0.867 bits per heavy atom. The number of ether oxygens (including phenoxy) is 2. The molecular formula is C24H41F3O3. The molecule has 1 unspecified atom stereocenters. The lowest BCUT2D eigenvalue weighted by molar-refractivity contribution is -0.224. The molecule has 0 saturated heterocycles. The van der Waals surface area contributed by atoms with Crippen LogP contribution in [0.15, 0.2) is 0 Å². The van der Waals surface area contributed by atoms with Gasteiger partial charge < -0.3 is 9.47 Å². The lowest BCUT2D eigenvalue weighted by Gasteiger charge is -2.40. The Hall–Kier alpha value is -0.780. The van der Waals surface area contributed by atoms with Crippen LogP contribution in [-0.4, -0.2) is 30.0 Å². The molecule has 0 aromatic carbocycles. The summed E-state index contributed by atoms with van der Waals surface area (Å²) >= 11 is 0. The van der Waals surface area contributed by atoms with E-state index in [4.69, 9.17) is 9.47 Å². The third-order valence-electron chi connectivity index (χ3n) is 7.69. The molecule has 0 spiro atoms. The van der Waals surface area contributed by atoms with Crippen LogP contribution in [0.5, 0.6) is 0 Å². The minimum absolute atomic E-state index is 0.535. The average molecular weight is 435 g/mol. The highest BCUT2D eigenvalue weighted by atomic mass is 19.4. The second kappa shape index (κ2) is 9.79. The molecule has 0 bridgehead atoms. The van der Waals surface area contributed by atoms with Crippen molar-refractivity contribution in [1.29, 1.82) is 0 Å². The van der Waals surface area contributed by atoms with Crippen molar-refractivity contribution in [2.45, 2.75) is 110 Å². The van der Waals surface area contributed by atoms with Gasteiger partial charge in [0, 0.05) is 0 Å². The van der Waals surface area contributed by atoms with Gasteiger partial charge in [-0.05, 0) is 88.9 Å². The van der Waals surface area contributed by atoms with Gasteiger partial charge >= 0.3 is 12.1 Å². The Morgan fingerprint density at radius 2 is 1.27 bits per heavy atom. The maximum absolute atomic E-state index is 13.7. The summed E-state index contributed by atoms with van der Waals surface area (Å²) in [5.41, 5.74) is -1.42. The Balaban J connectivity index is 1.95. The third-order valence-corrected chi connectivity index (χ3v) is 7.69. The molecule has 0 aliphatic heterocycles. The number of hydrogen-bond donors (Lipinski definition) is 0. The number of carbonyl (C=O) groups excluding carboxylic acids is 1. The molecule has 0 amide bonds. The number of carbonyl (C=O) groups is 1. The summed E-state index contributed by atoms with van der Waals surface area (Å²) in [4.78, 5) is 12.6. The predicted octanol–water partition coefficient (Wildman–Crippen LogP) is 6.93. The summed E-state index contributed by atoms with van der Waals surface area (Å²) in [6.45, 7) is 11.7. The summed E-state index contributed by atoms with van der Waals surface area (Å²) in [6, 6.07) is 0. The minimum Gasteiger partial charge on any atom is -0.459 e. The number of esters is 1. The molecular weight excluding hydrogens is 393 g/mol. The van der Waals surface area contributed by atoms with E-state index >= 15 is 0 Å². The van der Waals surface area contributed by atoms with Gasteiger partial charge in [0.1, 0.15) is 5.60 Å². The average Bonchev–Trinajstić information content (AvgIpc) is 2.61. The molecule has 0 aromatic heterocycles. The van der Waals surface area contributed by atoms with Gasteiger partial charge in [0.05, 0.1) is 12.2 Å². The zero-order valence-electron chi connectivity index (χ0n) is 19.6. The summed E-state index contributed by atoms with van der Waals surface area (Å²) < 4.78 is 52.3. The molecule has 2 fully saturated rings. The van der Waals surface area contributed by atoms with Crippen LogP contribution >= 0.6 is 0 Å². The quantitative estimate of drug-likeness (QED) is 0.407. The van der Waals surface area contributed by atoms with Crippen molar-refractivity contribution in [2.75, 3.05) is 6.61 Å². The highest BCUT2D eigenvalue weighted by Gasteiger charge is 2.49. The van der Waals surface area contributed by atoms with Crippen molar-refractivity contribution in [1.82, 2.24) is 0 Å². The van der Waals surface area contributed by atoms with Crippen molar-refractivity contribution in [2.24, 2.45) is 29.6 Å². The molecule has 0 heterocycles. The predicted molar refractivity (Wildman–Crippen MR) is 112 cm³/mol. The SMILES string of the molecule is CC(C)C1CCC(C)(OCC(C(=O)OC2(C)CCC(C(C)C)CC2)C(F)(F)F)CC1. The van der Waals surface area contributed by atoms with Gasteiger partial charge in [0.25, 0.3) is 0 Å². The maximum atomic E-state index is 13.7. The van der Waals surface area contributed by atoms with Gasteiger partial charge in [-0.1, -0.05) is 27.7 Å². The lowest BCUT2D eigenvalue weighted by Crippen LogP contribution is -2.45. The van der Waals surface area contributed by atoms with E-state index < -0.39 is 35.9 Å². The summed E-state index contributed by atoms with van der Waals surface area (Å²) in [5, 5.41) is 0. The Labute approximate surface area is 180 Å². The first-order valence-electron chi connectivity index (χ1n) is 11.7. The molecule has 176 valence electrons. The summed E-state index contributed by atoms with van der Waals surface area (Å²) in [5.74, 6) is -1.18. The normalized spacial score (nSPS) is 34.2. The van der Waals surface area contributed by atoms with E-state index in [0.717, 1.165) is 38.5 Å². The van der Waals surface area contributed by atoms with E-state index in [1.165, 1.54) is 0 Å². The van der Waals surface area contributed by atoms with Crippen molar-refractivity contribution >= 4 is 5.97 Å². The van der Waals surface area contributed by atoms with E-state index in [1.807, 2.05) is 6.92 Å². The first-order valence-corrected chi connectivity index (χ1v) is 11.7. The van der Waals surface area contributed by atoms with Crippen LogP contribution in [0.4, 0.5) is 13.2 Å². The van der Waals surface area contributed by atoms with E-state index in [1.54, 1.807) is 6.92 Å². The fourth-order valence-electron chi connectivity index (χ4n) is 4.98. The van der Waals surface area contributed by atoms with Gasteiger partial charge in [-0.15, -0.1) is 0 Å². The molecule has 2 aliphatic rings. The van der Waals surface area contributed by atoms with Crippen molar-refractivity contribution in [3.05, 3.63) is 0 Å². The van der Waals surface area contributed by atoms with Crippen LogP contribution in [0.3, 0.4) is 0 Å². The fraction of sp³-hybridized carbons (Fsp3) is 0.958. The van der Waals surface area contributed by atoms with E-state index in [-0.39, 0.29) is 0 Å². The second-order valence-corrected chi connectivity index (χ2v) is 10.9. The van der Waals surface area contributed by atoms with Gasteiger partial charge in [0.15, 0.2) is 5.92 Å². The molecule has 6 heteroatoms. The monoisotopic (exact) mass is 434 g/mol. The minimum atomic E-state index is -4.67. The van der Waals surface area contributed by atoms with Gasteiger partial charge in [-0.3, -0.25) is 4.79 Å². The number of rotatable bonds is 7. The van der Waals surface area contributed by atoms with Crippen LogP contribution in [0.1, 0.15) is 92.9 Å². The van der Waals surface area contributed by atoms with Crippen LogP contribution in [0, 0.1) is 29.6 Å². The summed E-state index contributed by atoms with van der Waals surface area (Å²) in [6.07, 6.45) is 1.66. The Morgan fingerprint density at radius 3 is 1.63 bits per heavy atom. The zero-order chi connectivity index (χ0) is 22.7. The first-order chi connectivity index (χ1) is 13.7. The molecule has 2 saturated carbocycles. The molecule has 30 heavy (non-hydrogen) atoms. The molecule has 3 nitrogen and oxygen atoms in total. The van der Waals surface area contributed by atoms with E-state index in [0.29, 0.717) is 36.5 Å². The van der Waals surface area contributed by atoms with Crippen LogP contribution in [0.25, 0.3) is 0 Å². The van der Waals surface area contributed by atoms with Crippen molar-refractivity contribution in [3.8, 4) is 0 Å². The van der Waals surface area contributed by atoms with Gasteiger partial charge in [0.2, 0.25) is 0 Å². The van der Waals surface area contributed by atoms with Crippen molar-refractivity contribution < 1.29 is 27.4 Å². The van der Waals surface area contributed by atoms with Crippen LogP contribution in [0.2, 0.25) is 0 Å². The second-order valence-electron chi connectivity index (χ2n) is 10.9. The highest BCUT2D eigenvalue weighted by molar-refractivity contribution is 5.74. The zero-order valence-corrected chi connectivity index (χ0v) is 19.6. The molecule has 0 aromatic rings. The van der Waals surface area contributed by atoms with Gasteiger partial charge in [-0.2, -0.15) is 13.2 Å². The molecule has 1 atom stereocenters. The van der Waals surface area contributed by atoms with E-state index in [2.05, 4.69) is 27.7 Å². The molecule has 2 rings (SSSR count). The molecule has 2 aliphatic carbocycles. The largest absolute Gasteiger partial charge is 0.459 e. The Kier molecular flexibility index (Phi) is 8.31. The molecule has 0 radical (unpaired) electrons. The van der Waals surface area contributed by atoms with E-state index in [9.17, 15) is 18.0 Å². The smallest absolute Gasteiger partial charge is 0.404 e. The molecule has 0 N–H and O–H groups in total. The topological polar surface area (TPSA) is 35.5 Å². The third kappa shape index (κ3) is 6.86. The highest BCUT2D eigenvalue weighted by Crippen LogP contribution is 2.41. The van der Waals surface area contributed by atoms with Crippen LogP contribution < -0.4 is 0 Å². The van der Waals surface area contributed by atoms with Crippen molar-refractivity contribution in [3.63, 3.8) is 0 Å². The Bertz CT molecular complexity index is 555. The summed E-state index contributed by atoms with van der Waals surface area (Å²) in [7, 11) is 0. The lowest BCUT2D eigenvalue weighted by atomic mass is 9.75. The first kappa shape index (κ1) is 25.5. The standard InChI is InChI=1S/C24H41F3O3/c1-16(2)18-7-11-22(5,12-8-18)29-15-20(24(25,26)27)21(28)30-23(6)13-9-19(10-14-23)17(3)4/h16-20H,7-15H2,1-6H3. The van der Waals surface area contributed by atoms with Crippen LogP contribution in [-0.2, 0) is 14.3 Å². The number of halogens is 3. The fourth-order valence-corrected chi connectivity index (χ4v) is 4.98. The number of hydrogen-bond acceptors (Lipinski definition) is 3. The number of alkyl halides is 3.